The molecule has 0 aliphatic carbocycles. The van der Waals surface area contributed by atoms with E-state index in [4.69, 9.17) is 0 Å². The molecule has 0 radical (unpaired) electrons. The first-order valence-electron chi connectivity index (χ1n) is 7.62. The molecule has 0 spiro atoms. The van der Waals surface area contributed by atoms with Crippen LogP contribution in [0.25, 0.3) is 0 Å². The van der Waals surface area contributed by atoms with Crippen molar-refractivity contribution in [3.63, 3.8) is 0 Å². The minimum Gasteiger partial charge on any atom is -0.359 e. The Morgan fingerprint density at radius 3 is 2.48 bits per heavy atom. The van der Waals surface area contributed by atoms with Crippen molar-refractivity contribution in [3.05, 3.63) is 29.6 Å². The molecular formula is C16H22N4O3. The number of nitrogens with one attached hydrogen (secondary N) is 1. The minimum absolute atomic E-state index is 0.0952. The van der Waals surface area contributed by atoms with Gasteiger partial charge >= 0.3 is 0 Å². The first-order chi connectivity index (χ1) is 10.9. The second-order valence-electron chi connectivity index (χ2n) is 5.70. The lowest BCUT2D eigenvalue weighted by molar-refractivity contribution is -0.130. The molecule has 0 unspecified atom stereocenters. The SMILES string of the molecule is CNC(=O)[C@H]1CN(C(C)=O)CCN(C(=O)c2ncccc2C)C1. The van der Waals surface area contributed by atoms with Gasteiger partial charge in [-0.05, 0) is 18.6 Å². The van der Waals surface area contributed by atoms with E-state index in [2.05, 4.69) is 10.3 Å². The van der Waals surface area contributed by atoms with Crippen molar-refractivity contribution < 1.29 is 14.4 Å². The number of aromatic nitrogens is 1. The maximum atomic E-state index is 12.7. The molecule has 1 atom stereocenters. The fraction of sp³-hybridized carbons (Fsp3) is 0.500. The number of carbonyl (C=O) groups excluding carboxylic acids is 3. The summed E-state index contributed by atoms with van der Waals surface area (Å²) < 4.78 is 0. The summed E-state index contributed by atoms with van der Waals surface area (Å²) >= 11 is 0. The number of nitrogens with zero attached hydrogens (tertiary/aromatic N) is 3. The van der Waals surface area contributed by atoms with Crippen LogP contribution in [0.3, 0.4) is 0 Å². The zero-order valence-electron chi connectivity index (χ0n) is 13.7. The third-order valence-electron chi connectivity index (χ3n) is 4.08. The lowest BCUT2D eigenvalue weighted by atomic mass is 10.1. The molecule has 7 heteroatoms. The summed E-state index contributed by atoms with van der Waals surface area (Å²) in [4.78, 5) is 43.9. The van der Waals surface area contributed by atoms with Crippen molar-refractivity contribution in [2.75, 3.05) is 33.2 Å². The first kappa shape index (κ1) is 16.9. The molecule has 1 fully saturated rings. The largest absolute Gasteiger partial charge is 0.359 e. The number of aryl methyl sites for hydroxylation is 1. The number of pyridine rings is 1. The van der Waals surface area contributed by atoms with Gasteiger partial charge in [-0.3, -0.25) is 19.4 Å². The van der Waals surface area contributed by atoms with Gasteiger partial charge in [0, 0.05) is 46.3 Å². The van der Waals surface area contributed by atoms with Crippen LogP contribution in [0, 0.1) is 12.8 Å². The van der Waals surface area contributed by atoms with Crippen molar-refractivity contribution in [1.29, 1.82) is 0 Å². The zero-order chi connectivity index (χ0) is 17.0. The monoisotopic (exact) mass is 318 g/mol. The molecule has 124 valence electrons. The zero-order valence-corrected chi connectivity index (χ0v) is 13.7. The second kappa shape index (κ2) is 7.21. The van der Waals surface area contributed by atoms with Crippen LogP contribution in [0.2, 0.25) is 0 Å². The summed E-state index contributed by atoms with van der Waals surface area (Å²) in [6.45, 7) is 4.71. The minimum atomic E-state index is -0.445. The molecule has 0 saturated carbocycles. The Hall–Kier alpha value is -2.44. The highest BCUT2D eigenvalue weighted by molar-refractivity contribution is 5.94. The van der Waals surface area contributed by atoms with Gasteiger partial charge in [-0.25, -0.2) is 0 Å². The van der Waals surface area contributed by atoms with Crippen LogP contribution >= 0.6 is 0 Å². The van der Waals surface area contributed by atoms with Gasteiger partial charge in [0.1, 0.15) is 5.69 Å². The lowest BCUT2D eigenvalue weighted by Gasteiger charge is -2.23. The summed E-state index contributed by atoms with van der Waals surface area (Å²) in [7, 11) is 1.56. The summed E-state index contributed by atoms with van der Waals surface area (Å²) in [5.74, 6) is -0.919. The normalized spacial score (nSPS) is 18.3. The van der Waals surface area contributed by atoms with E-state index in [1.165, 1.54) is 6.92 Å². The van der Waals surface area contributed by atoms with E-state index in [9.17, 15) is 14.4 Å². The van der Waals surface area contributed by atoms with Crippen LogP contribution in [0.1, 0.15) is 23.0 Å². The van der Waals surface area contributed by atoms with Crippen molar-refractivity contribution in [2.45, 2.75) is 13.8 Å². The van der Waals surface area contributed by atoms with Crippen LogP contribution in [-0.2, 0) is 9.59 Å². The van der Waals surface area contributed by atoms with E-state index in [1.807, 2.05) is 13.0 Å². The van der Waals surface area contributed by atoms with Crippen LogP contribution in [0.4, 0.5) is 0 Å². The predicted molar refractivity (Wildman–Crippen MR) is 84.7 cm³/mol. The molecule has 7 nitrogen and oxygen atoms in total. The molecular weight excluding hydrogens is 296 g/mol. The van der Waals surface area contributed by atoms with Crippen LogP contribution < -0.4 is 5.32 Å². The lowest BCUT2D eigenvalue weighted by Crippen LogP contribution is -2.42. The Labute approximate surface area is 135 Å². The Balaban J connectivity index is 2.24. The molecule has 3 amide bonds. The molecule has 0 bridgehead atoms. The van der Waals surface area contributed by atoms with E-state index < -0.39 is 5.92 Å². The van der Waals surface area contributed by atoms with E-state index in [1.54, 1.807) is 29.1 Å². The fourth-order valence-electron chi connectivity index (χ4n) is 2.71. The average Bonchev–Trinajstić information content (AvgIpc) is 2.77. The number of carbonyl (C=O) groups is 3. The van der Waals surface area contributed by atoms with Gasteiger partial charge in [0.15, 0.2) is 0 Å². The highest BCUT2D eigenvalue weighted by Gasteiger charge is 2.31. The van der Waals surface area contributed by atoms with Crippen molar-refractivity contribution in [3.8, 4) is 0 Å². The molecule has 23 heavy (non-hydrogen) atoms. The van der Waals surface area contributed by atoms with Crippen molar-refractivity contribution in [2.24, 2.45) is 5.92 Å². The Bertz CT molecular complexity index is 617. The maximum Gasteiger partial charge on any atom is 0.272 e. The first-order valence-corrected chi connectivity index (χ1v) is 7.62. The van der Waals surface area contributed by atoms with E-state index in [0.29, 0.717) is 25.3 Å². The Morgan fingerprint density at radius 2 is 1.87 bits per heavy atom. The van der Waals surface area contributed by atoms with E-state index in [-0.39, 0.29) is 24.3 Å². The molecule has 1 aromatic heterocycles. The van der Waals surface area contributed by atoms with Gasteiger partial charge < -0.3 is 15.1 Å². The standard InChI is InChI=1S/C16H22N4O3/c1-11-5-4-6-18-14(11)16(23)20-8-7-19(12(2)21)9-13(10-20)15(22)17-3/h4-6,13H,7-10H2,1-3H3,(H,17,22)/t13-/m0/s1. The second-order valence-corrected chi connectivity index (χ2v) is 5.70. The van der Waals surface area contributed by atoms with Gasteiger partial charge in [0.2, 0.25) is 11.8 Å². The van der Waals surface area contributed by atoms with Gasteiger partial charge in [0.05, 0.1) is 5.92 Å². The molecule has 1 aliphatic heterocycles. The smallest absolute Gasteiger partial charge is 0.272 e. The highest BCUT2D eigenvalue weighted by Crippen LogP contribution is 2.14. The topological polar surface area (TPSA) is 82.6 Å². The van der Waals surface area contributed by atoms with Gasteiger partial charge in [-0.2, -0.15) is 0 Å². The van der Waals surface area contributed by atoms with Crippen LogP contribution in [-0.4, -0.2) is 65.7 Å². The molecule has 1 saturated heterocycles. The average molecular weight is 318 g/mol. The molecule has 1 aliphatic rings. The van der Waals surface area contributed by atoms with Crippen molar-refractivity contribution >= 4 is 17.7 Å². The fourth-order valence-corrected chi connectivity index (χ4v) is 2.71. The van der Waals surface area contributed by atoms with Crippen molar-refractivity contribution in [1.82, 2.24) is 20.1 Å². The Morgan fingerprint density at radius 1 is 1.22 bits per heavy atom. The maximum absolute atomic E-state index is 12.7. The predicted octanol–water partition coefficient (Wildman–Crippen LogP) is 0.0565. The molecule has 1 N–H and O–H groups in total. The highest BCUT2D eigenvalue weighted by atomic mass is 16.2. The van der Waals surface area contributed by atoms with Crippen LogP contribution in [0.15, 0.2) is 18.3 Å². The van der Waals surface area contributed by atoms with Crippen LogP contribution in [0.5, 0.6) is 0 Å². The Kier molecular flexibility index (Phi) is 5.31. The number of hydrogen-bond acceptors (Lipinski definition) is 4. The van der Waals surface area contributed by atoms with Gasteiger partial charge in [-0.1, -0.05) is 6.07 Å². The number of hydrogen-bond donors (Lipinski definition) is 1. The quantitative estimate of drug-likeness (QED) is 0.836. The summed E-state index contributed by atoms with van der Waals surface area (Å²) in [6, 6.07) is 3.61. The molecule has 2 heterocycles. The number of amides is 3. The third kappa shape index (κ3) is 3.85. The molecule has 2 rings (SSSR count). The van der Waals surface area contributed by atoms with Gasteiger partial charge in [-0.15, -0.1) is 0 Å². The van der Waals surface area contributed by atoms with E-state index >= 15 is 0 Å². The van der Waals surface area contributed by atoms with Gasteiger partial charge in [0.25, 0.3) is 5.91 Å². The molecule has 1 aromatic rings. The summed E-state index contributed by atoms with van der Waals surface area (Å²) in [5, 5.41) is 2.60. The third-order valence-corrected chi connectivity index (χ3v) is 4.08. The molecule has 0 aromatic carbocycles. The van der Waals surface area contributed by atoms with E-state index in [0.717, 1.165) is 5.56 Å². The number of rotatable bonds is 2. The summed E-state index contributed by atoms with van der Waals surface area (Å²) in [5.41, 5.74) is 1.18. The summed E-state index contributed by atoms with van der Waals surface area (Å²) in [6.07, 6.45) is 1.58.